The molecule has 0 saturated heterocycles. The summed E-state index contributed by atoms with van der Waals surface area (Å²) in [6, 6.07) is 0. The highest BCUT2D eigenvalue weighted by molar-refractivity contribution is 5.94. The van der Waals surface area contributed by atoms with Crippen LogP contribution in [-0.4, -0.2) is 11.9 Å². The molecule has 0 bridgehead atoms. The van der Waals surface area contributed by atoms with E-state index in [1.54, 1.807) is 0 Å². The maximum Gasteiger partial charge on any atom is 0.385 e. The molecule has 18 heavy (non-hydrogen) atoms. The van der Waals surface area contributed by atoms with Gasteiger partial charge in [0.1, 0.15) is 11.1 Å². The summed E-state index contributed by atoms with van der Waals surface area (Å²) in [7, 11) is 0. The molecule has 4 nitrogen and oxygen atoms in total. The summed E-state index contributed by atoms with van der Waals surface area (Å²) in [5.74, 6) is -14.5. The predicted octanol–water partition coefficient (Wildman–Crippen LogP) is 2.33. The molecule has 0 amide bonds. The number of benzene rings is 1. The van der Waals surface area contributed by atoms with Crippen molar-refractivity contribution in [3.05, 3.63) is 34.4 Å². The van der Waals surface area contributed by atoms with Crippen molar-refractivity contribution in [1.82, 2.24) is 0 Å². The number of carbonyl (C=O) groups is 2. The normalized spacial score (nSPS) is 10.1. The lowest BCUT2D eigenvalue weighted by atomic mass is 10.1. The van der Waals surface area contributed by atoms with Crippen LogP contribution in [-0.2, 0) is 9.88 Å². The minimum atomic E-state index is -2.43. The van der Waals surface area contributed by atoms with Gasteiger partial charge in [-0.1, -0.05) is 0 Å². The maximum absolute atomic E-state index is 13.1. The molecular formula is C8F6O4. The zero-order valence-corrected chi connectivity index (χ0v) is 7.90. The largest absolute Gasteiger partial charge is 0.385 e. The SMILES string of the molecule is O=C(OF)c1c(F)c(F)c(C(=O)OF)c(F)c1F. The molecule has 0 atom stereocenters. The lowest BCUT2D eigenvalue weighted by molar-refractivity contribution is -0.0808. The number of halogens is 6. The number of hydrogen-bond acceptors (Lipinski definition) is 4. The Kier molecular flexibility index (Phi) is 3.79. The van der Waals surface area contributed by atoms with Gasteiger partial charge >= 0.3 is 11.9 Å². The second-order valence-electron chi connectivity index (χ2n) is 2.74. The van der Waals surface area contributed by atoms with Crippen molar-refractivity contribution in [2.24, 2.45) is 0 Å². The first-order chi connectivity index (χ1) is 8.36. The summed E-state index contributed by atoms with van der Waals surface area (Å²) < 4.78 is 75.1. The van der Waals surface area contributed by atoms with Crippen molar-refractivity contribution >= 4 is 11.9 Å². The molecule has 1 aromatic rings. The molecule has 0 aromatic heterocycles. The van der Waals surface area contributed by atoms with Crippen LogP contribution in [0.2, 0.25) is 0 Å². The fourth-order valence-corrected chi connectivity index (χ4v) is 1.07. The summed E-state index contributed by atoms with van der Waals surface area (Å²) in [4.78, 5) is 25.8. The summed E-state index contributed by atoms with van der Waals surface area (Å²) in [6.07, 6.45) is 0. The van der Waals surface area contributed by atoms with E-state index in [1.807, 2.05) is 0 Å². The highest BCUT2D eigenvalue weighted by Gasteiger charge is 2.34. The van der Waals surface area contributed by atoms with Crippen molar-refractivity contribution in [3.8, 4) is 0 Å². The van der Waals surface area contributed by atoms with Gasteiger partial charge < -0.3 is 0 Å². The molecule has 0 fully saturated rings. The van der Waals surface area contributed by atoms with Crippen LogP contribution in [0.4, 0.5) is 26.6 Å². The molecule has 1 aromatic carbocycles. The van der Waals surface area contributed by atoms with Crippen molar-refractivity contribution in [2.75, 3.05) is 0 Å². The molecule has 0 unspecified atom stereocenters. The van der Waals surface area contributed by atoms with Crippen molar-refractivity contribution < 1.29 is 46.1 Å². The maximum atomic E-state index is 13.1. The average Bonchev–Trinajstić information content (AvgIpc) is 2.36. The monoisotopic (exact) mass is 274 g/mol. The van der Waals surface area contributed by atoms with Gasteiger partial charge in [0.2, 0.25) is 0 Å². The Morgan fingerprint density at radius 2 is 0.889 bits per heavy atom. The molecule has 0 radical (unpaired) electrons. The molecule has 0 aliphatic carbocycles. The number of rotatable bonds is 2. The molecule has 0 N–H and O–H groups in total. The smallest absolute Gasteiger partial charge is 0.249 e. The zero-order valence-electron chi connectivity index (χ0n) is 7.90. The van der Waals surface area contributed by atoms with E-state index in [2.05, 4.69) is 9.88 Å². The Bertz CT molecular complexity index is 453. The fourth-order valence-electron chi connectivity index (χ4n) is 1.07. The van der Waals surface area contributed by atoms with E-state index in [1.165, 1.54) is 0 Å². The van der Waals surface area contributed by atoms with E-state index < -0.39 is 46.3 Å². The summed E-state index contributed by atoms with van der Waals surface area (Å²) >= 11 is 0. The van der Waals surface area contributed by atoms with Crippen LogP contribution in [0.5, 0.6) is 0 Å². The predicted molar refractivity (Wildman–Crippen MR) is 39.3 cm³/mol. The molecule has 0 aliphatic rings. The molecular weight excluding hydrogens is 274 g/mol. The Morgan fingerprint density at radius 1 is 0.667 bits per heavy atom. The van der Waals surface area contributed by atoms with Gasteiger partial charge in [-0.25, -0.2) is 37.0 Å². The van der Waals surface area contributed by atoms with Crippen LogP contribution < -0.4 is 0 Å². The highest BCUT2D eigenvalue weighted by Crippen LogP contribution is 2.25. The lowest BCUT2D eigenvalue weighted by Crippen LogP contribution is -2.17. The standard InChI is InChI=1S/C8F6O4/c9-3-1(7(15)17-13)4(10)6(12)2(5(3)11)8(16)18-14. The first-order valence-corrected chi connectivity index (χ1v) is 3.88. The first-order valence-electron chi connectivity index (χ1n) is 3.88. The molecule has 1 rings (SSSR count). The van der Waals surface area contributed by atoms with Gasteiger partial charge in [0.25, 0.3) is 0 Å². The lowest BCUT2D eigenvalue weighted by Gasteiger charge is -2.06. The molecule has 98 valence electrons. The second-order valence-corrected chi connectivity index (χ2v) is 2.74. The average molecular weight is 274 g/mol. The minimum absolute atomic E-state index is 2.05. The first kappa shape index (κ1) is 13.8. The van der Waals surface area contributed by atoms with Crippen LogP contribution in [0.3, 0.4) is 0 Å². The fraction of sp³-hybridized carbons (Fsp3) is 0. The summed E-state index contributed by atoms with van der Waals surface area (Å²) in [5.41, 5.74) is -4.11. The van der Waals surface area contributed by atoms with Crippen LogP contribution in [0, 0.1) is 23.3 Å². The third-order valence-corrected chi connectivity index (χ3v) is 1.81. The Labute approximate surface area is 93.5 Å². The van der Waals surface area contributed by atoms with Crippen molar-refractivity contribution in [1.29, 1.82) is 0 Å². The quantitative estimate of drug-likeness (QED) is 0.613. The van der Waals surface area contributed by atoms with Gasteiger partial charge in [-0.2, -0.15) is 0 Å². The molecule has 10 heteroatoms. The molecule has 0 spiro atoms. The van der Waals surface area contributed by atoms with Crippen LogP contribution in [0.25, 0.3) is 0 Å². The van der Waals surface area contributed by atoms with Gasteiger partial charge in [-0.3, -0.25) is 0 Å². The Hall–Kier alpha value is -2.26. The van der Waals surface area contributed by atoms with E-state index in [4.69, 9.17) is 0 Å². The minimum Gasteiger partial charge on any atom is -0.249 e. The van der Waals surface area contributed by atoms with Gasteiger partial charge in [0.05, 0.1) is 0 Å². The second kappa shape index (κ2) is 4.94. The van der Waals surface area contributed by atoms with E-state index in [0.29, 0.717) is 0 Å². The summed E-state index contributed by atoms with van der Waals surface area (Å²) in [6.45, 7) is 0. The van der Waals surface area contributed by atoms with E-state index in [0.717, 1.165) is 0 Å². The van der Waals surface area contributed by atoms with Gasteiger partial charge in [-0.05, 0) is 0 Å². The number of hydrogen-bond donors (Lipinski definition) is 0. The highest BCUT2D eigenvalue weighted by atomic mass is 19.3. The Balaban J connectivity index is 3.66. The van der Waals surface area contributed by atoms with E-state index >= 15 is 0 Å². The third kappa shape index (κ3) is 1.96. The molecule has 0 heterocycles. The van der Waals surface area contributed by atoms with Gasteiger partial charge in [0.15, 0.2) is 23.3 Å². The van der Waals surface area contributed by atoms with Gasteiger partial charge in [0, 0.05) is 9.05 Å². The van der Waals surface area contributed by atoms with Crippen molar-refractivity contribution in [3.63, 3.8) is 0 Å². The van der Waals surface area contributed by atoms with E-state index in [9.17, 15) is 36.2 Å². The Morgan fingerprint density at radius 3 is 1.06 bits per heavy atom. The van der Waals surface area contributed by atoms with Crippen LogP contribution >= 0.6 is 0 Å². The van der Waals surface area contributed by atoms with Crippen LogP contribution in [0.15, 0.2) is 0 Å². The number of carbonyl (C=O) groups excluding carboxylic acids is 2. The summed E-state index contributed by atoms with van der Waals surface area (Å²) in [5, 5.41) is 0. The third-order valence-electron chi connectivity index (χ3n) is 1.81. The topological polar surface area (TPSA) is 52.6 Å². The van der Waals surface area contributed by atoms with Crippen LogP contribution in [0.1, 0.15) is 20.7 Å². The van der Waals surface area contributed by atoms with Crippen molar-refractivity contribution in [2.45, 2.75) is 0 Å². The molecule has 0 saturated carbocycles. The van der Waals surface area contributed by atoms with Gasteiger partial charge in [-0.15, -0.1) is 0 Å². The molecule has 0 aliphatic heterocycles. The zero-order chi connectivity index (χ0) is 14.0. The van der Waals surface area contributed by atoms with E-state index in [-0.39, 0.29) is 0 Å².